The first-order valence-corrected chi connectivity index (χ1v) is 4.79. The number of aryl methyl sites for hydroxylation is 1. The Bertz CT molecular complexity index is 537. The van der Waals surface area contributed by atoms with Crippen LogP contribution in [0.1, 0.15) is 11.3 Å². The first kappa shape index (κ1) is 12.8. The fourth-order valence-electron chi connectivity index (χ4n) is 1.48. The quantitative estimate of drug-likeness (QED) is 0.902. The lowest BCUT2D eigenvalue weighted by atomic mass is 10.3. The maximum absolute atomic E-state index is 10.5. The highest BCUT2D eigenvalue weighted by Crippen LogP contribution is 2.18. The number of carbonyl (C=O) groups is 1. The molecule has 0 bridgehead atoms. The van der Waals surface area contributed by atoms with Gasteiger partial charge >= 0.3 is 5.97 Å². The number of carboxylic acid groups (broad SMARTS) is 1. The van der Waals surface area contributed by atoms with Crippen LogP contribution in [-0.4, -0.2) is 20.5 Å². The van der Waals surface area contributed by atoms with Gasteiger partial charge < -0.3 is 9.51 Å². The Hall–Kier alpha value is -1.26. The van der Waals surface area contributed by atoms with Crippen molar-refractivity contribution in [1.82, 2.24) is 9.38 Å². The van der Waals surface area contributed by atoms with E-state index in [1.54, 1.807) is 16.7 Å². The SMILES string of the molecule is Cc1cc(Cl)c2nc(CC(=O)O)cn2c1.Cl. The molecule has 1 N–H and O–H groups in total. The third-order valence-corrected chi connectivity index (χ3v) is 2.30. The predicted octanol–water partition coefficient (Wildman–Crippen LogP) is 2.35. The van der Waals surface area contributed by atoms with Crippen molar-refractivity contribution >= 4 is 35.6 Å². The molecular formula is C10H10Cl2N2O2. The van der Waals surface area contributed by atoms with Crippen LogP contribution in [0.4, 0.5) is 0 Å². The van der Waals surface area contributed by atoms with E-state index in [0.717, 1.165) is 5.56 Å². The number of nitrogens with zero attached hydrogens (tertiary/aromatic N) is 2. The molecule has 2 rings (SSSR count). The normalized spacial score (nSPS) is 10.1. The summed E-state index contributed by atoms with van der Waals surface area (Å²) in [5, 5.41) is 9.17. The first-order chi connectivity index (χ1) is 7.06. The Labute approximate surface area is 103 Å². The summed E-state index contributed by atoms with van der Waals surface area (Å²) in [5.74, 6) is -0.897. The molecule has 2 aromatic rings. The number of aliphatic carboxylic acids is 1. The maximum atomic E-state index is 10.5. The molecule has 0 aromatic carbocycles. The highest BCUT2D eigenvalue weighted by atomic mass is 35.5. The minimum atomic E-state index is -0.897. The minimum absolute atomic E-state index is 0. The van der Waals surface area contributed by atoms with E-state index in [0.29, 0.717) is 16.4 Å². The summed E-state index contributed by atoms with van der Waals surface area (Å²) in [6, 6.07) is 1.80. The number of rotatable bonds is 2. The summed E-state index contributed by atoms with van der Waals surface area (Å²) in [5.41, 5.74) is 2.11. The van der Waals surface area contributed by atoms with Crippen LogP contribution in [0.3, 0.4) is 0 Å². The van der Waals surface area contributed by atoms with Gasteiger partial charge in [-0.3, -0.25) is 4.79 Å². The topological polar surface area (TPSA) is 54.6 Å². The second-order valence-electron chi connectivity index (χ2n) is 3.40. The van der Waals surface area contributed by atoms with Crippen molar-refractivity contribution in [1.29, 1.82) is 0 Å². The molecule has 0 radical (unpaired) electrons. The van der Waals surface area contributed by atoms with Crippen LogP contribution in [0.5, 0.6) is 0 Å². The van der Waals surface area contributed by atoms with E-state index < -0.39 is 5.97 Å². The number of carboxylic acids is 1. The van der Waals surface area contributed by atoms with Gasteiger partial charge in [-0.25, -0.2) is 4.98 Å². The van der Waals surface area contributed by atoms with E-state index in [1.807, 2.05) is 13.1 Å². The Morgan fingerprint density at radius 3 is 2.88 bits per heavy atom. The first-order valence-electron chi connectivity index (χ1n) is 4.42. The Morgan fingerprint density at radius 1 is 1.56 bits per heavy atom. The van der Waals surface area contributed by atoms with Gasteiger partial charge in [0.25, 0.3) is 0 Å². The third kappa shape index (κ3) is 2.46. The molecule has 0 saturated heterocycles. The maximum Gasteiger partial charge on any atom is 0.309 e. The molecule has 2 heterocycles. The zero-order valence-corrected chi connectivity index (χ0v) is 10.0. The Morgan fingerprint density at radius 2 is 2.25 bits per heavy atom. The summed E-state index contributed by atoms with van der Waals surface area (Å²) in [4.78, 5) is 14.7. The number of imidazole rings is 1. The van der Waals surface area contributed by atoms with Crippen molar-refractivity contribution in [3.63, 3.8) is 0 Å². The van der Waals surface area contributed by atoms with Crippen molar-refractivity contribution in [2.45, 2.75) is 13.3 Å². The summed E-state index contributed by atoms with van der Waals surface area (Å²) >= 11 is 5.98. The van der Waals surface area contributed by atoms with Gasteiger partial charge in [-0.2, -0.15) is 0 Å². The van der Waals surface area contributed by atoms with Crippen LogP contribution in [0.2, 0.25) is 5.02 Å². The van der Waals surface area contributed by atoms with Gasteiger partial charge in [-0.05, 0) is 18.6 Å². The standard InChI is InChI=1S/C10H9ClN2O2.ClH/c1-6-2-8(11)10-12-7(3-9(14)15)5-13(10)4-6;/h2,4-5H,3H2,1H3,(H,14,15);1H. The van der Waals surface area contributed by atoms with Crippen molar-refractivity contribution in [3.05, 3.63) is 34.7 Å². The largest absolute Gasteiger partial charge is 0.481 e. The van der Waals surface area contributed by atoms with Crippen LogP contribution in [-0.2, 0) is 11.2 Å². The number of fused-ring (bicyclic) bond motifs is 1. The van der Waals surface area contributed by atoms with Gasteiger partial charge in [0.1, 0.15) is 0 Å². The van der Waals surface area contributed by atoms with E-state index in [2.05, 4.69) is 4.98 Å². The van der Waals surface area contributed by atoms with Crippen molar-refractivity contribution in [2.75, 3.05) is 0 Å². The molecule has 0 aliphatic carbocycles. The number of pyridine rings is 1. The zero-order valence-electron chi connectivity index (χ0n) is 8.48. The number of hydrogen-bond acceptors (Lipinski definition) is 2. The van der Waals surface area contributed by atoms with E-state index in [9.17, 15) is 4.79 Å². The number of aromatic nitrogens is 2. The fourth-order valence-corrected chi connectivity index (χ4v) is 1.79. The molecule has 0 amide bonds. The summed E-state index contributed by atoms with van der Waals surface area (Å²) in [7, 11) is 0. The molecule has 0 fully saturated rings. The molecule has 0 aliphatic heterocycles. The molecule has 6 heteroatoms. The minimum Gasteiger partial charge on any atom is -0.481 e. The molecule has 0 spiro atoms. The average molecular weight is 261 g/mol. The second kappa shape index (κ2) is 4.72. The number of halogens is 2. The van der Waals surface area contributed by atoms with Crippen LogP contribution in [0.25, 0.3) is 5.65 Å². The molecule has 0 unspecified atom stereocenters. The Kier molecular flexibility index (Phi) is 3.78. The molecule has 0 aliphatic rings. The lowest BCUT2D eigenvalue weighted by Crippen LogP contribution is -1.99. The summed E-state index contributed by atoms with van der Waals surface area (Å²) < 4.78 is 1.75. The molecule has 0 atom stereocenters. The van der Waals surface area contributed by atoms with Gasteiger partial charge in [0.05, 0.1) is 17.1 Å². The lowest BCUT2D eigenvalue weighted by molar-refractivity contribution is -0.136. The van der Waals surface area contributed by atoms with E-state index in [-0.39, 0.29) is 18.8 Å². The number of hydrogen-bond donors (Lipinski definition) is 1. The Balaban J connectivity index is 0.00000128. The summed E-state index contributed by atoms with van der Waals surface area (Å²) in [6.07, 6.45) is 3.46. The second-order valence-corrected chi connectivity index (χ2v) is 3.81. The van der Waals surface area contributed by atoms with Crippen LogP contribution >= 0.6 is 24.0 Å². The molecular weight excluding hydrogens is 251 g/mol. The van der Waals surface area contributed by atoms with Gasteiger partial charge in [-0.15, -0.1) is 12.4 Å². The zero-order chi connectivity index (χ0) is 11.0. The van der Waals surface area contributed by atoms with Crippen molar-refractivity contribution in [2.24, 2.45) is 0 Å². The highest BCUT2D eigenvalue weighted by molar-refractivity contribution is 6.33. The van der Waals surface area contributed by atoms with Crippen LogP contribution < -0.4 is 0 Å². The summed E-state index contributed by atoms with van der Waals surface area (Å²) in [6.45, 7) is 1.92. The third-order valence-electron chi connectivity index (χ3n) is 2.03. The average Bonchev–Trinajstić information content (AvgIpc) is 2.45. The van der Waals surface area contributed by atoms with Gasteiger partial charge in [-0.1, -0.05) is 11.6 Å². The van der Waals surface area contributed by atoms with Crippen molar-refractivity contribution in [3.8, 4) is 0 Å². The predicted molar refractivity (Wildman–Crippen MR) is 63.5 cm³/mol. The molecule has 0 saturated carbocycles. The van der Waals surface area contributed by atoms with E-state index >= 15 is 0 Å². The smallest absolute Gasteiger partial charge is 0.309 e. The van der Waals surface area contributed by atoms with Gasteiger partial charge in [0.2, 0.25) is 0 Å². The molecule has 16 heavy (non-hydrogen) atoms. The molecule has 2 aromatic heterocycles. The van der Waals surface area contributed by atoms with Crippen molar-refractivity contribution < 1.29 is 9.90 Å². The molecule has 86 valence electrons. The fraction of sp³-hybridized carbons (Fsp3) is 0.200. The van der Waals surface area contributed by atoms with Gasteiger partial charge in [0.15, 0.2) is 5.65 Å². The van der Waals surface area contributed by atoms with Crippen LogP contribution in [0, 0.1) is 6.92 Å². The molecule has 4 nitrogen and oxygen atoms in total. The van der Waals surface area contributed by atoms with Crippen LogP contribution in [0.15, 0.2) is 18.5 Å². The van der Waals surface area contributed by atoms with E-state index in [1.165, 1.54) is 0 Å². The highest BCUT2D eigenvalue weighted by Gasteiger charge is 2.08. The van der Waals surface area contributed by atoms with Gasteiger partial charge in [0, 0.05) is 12.4 Å². The monoisotopic (exact) mass is 260 g/mol. The lowest BCUT2D eigenvalue weighted by Gasteiger charge is -1.97. The van der Waals surface area contributed by atoms with E-state index in [4.69, 9.17) is 16.7 Å².